The first kappa shape index (κ1) is 21.3. The number of furan rings is 1. The average molecular weight is 487 g/mol. The van der Waals surface area contributed by atoms with Gasteiger partial charge in [0.2, 0.25) is 0 Å². The van der Waals surface area contributed by atoms with Crippen molar-refractivity contribution in [1.29, 1.82) is 0 Å². The van der Waals surface area contributed by atoms with Crippen LogP contribution in [-0.2, 0) is 6.54 Å². The fraction of sp³-hybridized carbons (Fsp3) is 0.500. The second-order valence-electron chi connectivity index (χ2n) is 6.53. The predicted octanol–water partition coefficient (Wildman–Crippen LogP) is 2.54. The Morgan fingerprint density at radius 2 is 2.00 bits per heavy atom. The minimum Gasteiger partial charge on any atom is -0.459 e. The number of hydrogen-bond acceptors (Lipinski definition) is 5. The van der Waals surface area contributed by atoms with E-state index in [0.29, 0.717) is 44.4 Å². The van der Waals surface area contributed by atoms with E-state index in [1.807, 2.05) is 6.07 Å². The lowest BCUT2D eigenvalue weighted by atomic mass is 10.1. The summed E-state index contributed by atoms with van der Waals surface area (Å²) in [5.74, 6) is 2.22. The Labute approximate surface area is 176 Å². The molecular weight excluding hydrogens is 461 g/mol. The van der Waals surface area contributed by atoms with Gasteiger partial charge in [0.25, 0.3) is 5.91 Å². The highest BCUT2D eigenvalue weighted by molar-refractivity contribution is 14.0. The maximum absolute atomic E-state index is 12.3. The van der Waals surface area contributed by atoms with Crippen LogP contribution in [-0.4, -0.2) is 60.0 Å². The van der Waals surface area contributed by atoms with Crippen molar-refractivity contribution >= 4 is 35.8 Å². The Hall–Kier alpha value is -2.04. The topological polar surface area (TPSA) is 87.1 Å². The maximum Gasteiger partial charge on any atom is 0.289 e. The number of carbonyl (C=O) groups excluding carboxylic acids is 1. The number of carbonyl (C=O) groups is 1. The van der Waals surface area contributed by atoms with Crippen LogP contribution in [0.2, 0.25) is 0 Å². The molecule has 2 aromatic heterocycles. The molecule has 9 heteroatoms. The molecule has 1 N–H and O–H groups in total. The van der Waals surface area contributed by atoms with Gasteiger partial charge in [0.05, 0.1) is 18.5 Å². The van der Waals surface area contributed by atoms with Crippen molar-refractivity contribution in [2.75, 3.05) is 33.2 Å². The van der Waals surface area contributed by atoms with Crippen LogP contribution in [0.25, 0.3) is 0 Å². The van der Waals surface area contributed by atoms with Crippen LogP contribution >= 0.6 is 24.0 Å². The Bertz CT molecular complexity index is 749. The van der Waals surface area contributed by atoms with Gasteiger partial charge < -0.3 is 24.1 Å². The van der Waals surface area contributed by atoms with Crippen molar-refractivity contribution in [2.45, 2.75) is 26.3 Å². The molecule has 3 heterocycles. The fourth-order valence-corrected chi connectivity index (χ4v) is 2.86. The molecule has 0 saturated carbocycles. The van der Waals surface area contributed by atoms with Gasteiger partial charge in [0, 0.05) is 39.3 Å². The zero-order chi connectivity index (χ0) is 18.5. The van der Waals surface area contributed by atoms with Crippen LogP contribution in [0.5, 0.6) is 0 Å². The molecule has 27 heavy (non-hydrogen) atoms. The van der Waals surface area contributed by atoms with Gasteiger partial charge in [-0.05, 0) is 18.1 Å². The molecule has 1 aliphatic heterocycles. The smallest absolute Gasteiger partial charge is 0.289 e. The van der Waals surface area contributed by atoms with E-state index in [1.54, 1.807) is 24.1 Å². The molecule has 0 bridgehead atoms. The van der Waals surface area contributed by atoms with Gasteiger partial charge in [-0.3, -0.25) is 9.79 Å². The average Bonchev–Trinajstić information content (AvgIpc) is 3.34. The lowest BCUT2D eigenvalue weighted by Gasteiger charge is -2.36. The van der Waals surface area contributed by atoms with Crippen molar-refractivity contribution in [2.24, 2.45) is 4.99 Å². The van der Waals surface area contributed by atoms with E-state index < -0.39 is 0 Å². The van der Waals surface area contributed by atoms with Crippen molar-refractivity contribution in [3.63, 3.8) is 0 Å². The van der Waals surface area contributed by atoms with E-state index in [1.165, 1.54) is 6.26 Å². The van der Waals surface area contributed by atoms with E-state index in [-0.39, 0.29) is 29.9 Å². The number of piperazine rings is 1. The van der Waals surface area contributed by atoms with Gasteiger partial charge in [-0.1, -0.05) is 19.0 Å². The number of aromatic nitrogens is 1. The van der Waals surface area contributed by atoms with E-state index in [2.05, 4.69) is 34.2 Å². The standard InChI is InChI=1S/C18H25N5O3.HI/c1-13(2)15-11-14(26-21-15)12-20-18(19-3)23-8-6-22(7-9-23)17(24)16-5-4-10-25-16;/h4-5,10-11,13H,6-9,12H2,1-3H3,(H,19,20);1H. The number of hydrogen-bond donors (Lipinski definition) is 1. The molecule has 1 fully saturated rings. The third-order valence-electron chi connectivity index (χ3n) is 4.40. The van der Waals surface area contributed by atoms with Gasteiger partial charge in [0.15, 0.2) is 17.5 Å². The van der Waals surface area contributed by atoms with Crippen LogP contribution in [0.15, 0.2) is 38.4 Å². The molecule has 2 aromatic rings. The van der Waals surface area contributed by atoms with Gasteiger partial charge in [-0.25, -0.2) is 0 Å². The number of amides is 1. The summed E-state index contributed by atoms with van der Waals surface area (Å²) in [7, 11) is 1.75. The maximum atomic E-state index is 12.3. The third kappa shape index (κ3) is 5.24. The molecule has 0 atom stereocenters. The molecule has 0 unspecified atom stereocenters. The van der Waals surface area contributed by atoms with Crippen molar-refractivity contribution in [3.05, 3.63) is 41.7 Å². The Balaban J connectivity index is 0.00000261. The third-order valence-corrected chi connectivity index (χ3v) is 4.40. The SMILES string of the molecule is CN=C(NCc1cc(C(C)C)no1)N1CCN(C(=O)c2ccco2)CC1.I. The fourth-order valence-electron chi connectivity index (χ4n) is 2.86. The molecule has 0 aliphatic carbocycles. The summed E-state index contributed by atoms with van der Waals surface area (Å²) in [5.41, 5.74) is 0.946. The highest BCUT2D eigenvalue weighted by atomic mass is 127. The first-order valence-corrected chi connectivity index (χ1v) is 8.82. The van der Waals surface area contributed by atoms with Gasteiger partial charge >= 0.3 is 0 Å². The number of aliphatic imine (C=N–C) groups is 1. The van der Waals surface area contributed by atoms with E-state index in [4.69, 9.17) is 8.94 Å². The molecule has 3 rings (SSSR count). The molecule has 1 aliphatic rings. The zero-order valence-electron chi connectivity index (χ0n) is 15.8. The number of rotatable bonds is 4. The summed E-state index contributed by atoms with van der Waals surface area (Å²) in [5, 5.41) is 7.36. The van der Waals surface area contributed by atoms with Crippen LogP contribution < -0.4 is 5.32 Å². The highest BCUT2D eigenvalue weighted by Crippen LogP contribution is 2.14. The summed E-state index contributed by atoms with van der Waals surface area (Å²) in [6.07, 6.45) is 1.52. The summed E-state index contributed by atoms with van der Waals surface area (Å²) in [6, 6.07) is 5.38. The lowest BCUT2D eigenvalue weighted by molar-refractivity contribution is 0.0657. The van der Waals surface area contributed by atoms with Crippen molar-refractivity contribution in [3.8, 4) is 0 Å². The van der Waals surface area contributed by atoms with E-state index in [9.17, 15) is 4.79 Å². The minimum absolute atomic E-state index is 0. The molecule has 148 valence electrons. The largest absolute Gasteiger partial charge is 0.459 e. The summed E-state index contributed by atoms with van der Waals surface area (Å²) >= 11 is 0. The number of guanidine groups is 1. The number of nitrogens with zero attached hydrogens (tertiary/aromatic N) is 4. The van der Waals surface area contributed by atoms with Crippen LogP contribution in [0.4, 0.5) is 0 Å². The van der Waals surface area contributed by atoms with Crippen molar-refractivity contribution < 1.29 is 13.7 Å². The lowest BCUT2D eigenvalue weighted by Crippen LogP contribution is -2.53. The monoisotopic (exact) mass is 487 g/mol. The number of nitrogens with one attached hydrogen (secondary N) is 1. The van der Waals surface area contributed by atoms with E-state index >= 15 is 0 Å². The number of halogens is 1. The molecule has 1 saturated heterocycles. The first-order valence-electron chi connectivity index (χ1n) is 8.82. The molecule has 8 nitrogen and oxygen atoms in total. The van der Waals surface area contributed by atoms with Gasteiger partial charge in [-0.15, -0.1) is 24.0 Å². The predicted molar refractivity (Wildman–Crippen MR) is 112 cm³/mol. The van der Waals surface area contributed by atoms with Crippen LogP contribution in [0.1, 0.15) is 41.8 Å². The molecule has 0 aromatic carbocycles. The summed E-state index contributed by atoms with van der Waals surface area (Å²) < 4.78 is 10.5. The molecule has 0 radical (unpaired) electrons. The molecular formula is C18H26IN5O3. The highest BCUT2D eigenvalue weighted by Gasteiger charge is 2.25. The van der Waals surface area contributed by atoms with Crippen LogP contribution in [0.3, 0.4) is 0 Å². The van der Waals surface area contributed by atoms with Gasteiger partial charge in [-0.2, -0.15) is 0 Å². The summed E-state index contributed by atoms with van der Waals surface area (Å²) in [4.78, 5) is 20.6. The second kappa shape index (κ2) is 9.77. The van der Waals surface area contributed by atoms with Crippen LogP contribution in [0, 0.1) is 0 Å². The Morgan fingerprint density at radius 3 is 2.56 bits per heavy atom. The quantitative estimate of drug-likeness (QED) is 0.406. The van der Waals surface area contributed by atoms with E-state index in [0.717, 1.165) is 17.4 Å². The first-order chi connectivity index (χ1) is 12.6. The molecule has 0 spiro atoms. The molecule has 1 amide bonds. The summed E-state index contributed by atoms with van der Waals surface area (Å²) in [6.45, 7) is 7.35. The Kier molecular flexibility index (Phi) is 7.69. The van der Waals surface area contributed by atoms with Crippen molar-refractivity contribution in [1.82, 2.24) is 20.3 Å². The normalized spacial score (nSPS) is 15.0. The minimum atomic E-state index is -0.0690. The second-order valence-corrected chi connectivity index (χ2v) is 6.53. The zero-order valence-corrected chi connectivity index (χ0v) is 18.2. The Morgan fingerprint density at radius 1 is 1.30 bits per heavy atom. The van der Waals surface area contributed by atoms with Gasteiger partial charge in [0.1, 0.15) is 0 Å².